The van der Waals surface area contributed by atoms with E-state index in [9.17, 15) is 13.6 Å². The fourth-order valence-electron chi connectivity index (χ4n) is 1.25. The van der Waals surface area contributed by atoms with Crippen LogP contribution in [0, 0.1) is 13.8 Å². The summed E-state index contributed by atoms with van der Waals surface area (Å²) in [7, 11) is 0. The SMILES string of the molecule is Cc1c(OC(F)F)ccc(C(=O)O)c1C. The highest BCUT2D eigenvalue weighted by Gasteiger charge is 2.14. The van der Waals surface area contributed by atoms with Gasteiger partial charge in [-0.3, -0.25) is 0 Å². The first-order valence-electron chi connectivity index (χ1n) is 4.21. The predicted molar refractivity (Wildman–Crippen MR) is 49.5 cm³/mol. The largest absolute Gasteiger partial charge is 0.478 e. The van der Waals surface area contributed by atoms with Gasteiger partial charge < -0.3 is 9.84 Å². The smallest absolute Gasteiger partial charge is 0.387 e. The zero-order valence-corrected chi connectivity index (χ0v) is 8.25. The number of aromatic carboxylic acids is 1. The molecular weight excluding hydrogens is 206 g/mol. The lowest BCUT2D eigenvalue weighted by Crippen LogP contribution is -2.07. The summed E-state index contributed by atoms with van der Waals surface area (Å²) in [6.07, 6.45) is 0. The minimum Gasteiger partial charge on any atom is -0.478 e. The maximum Gasteiger partial charge on any atom is 0.387 e. The molecule has 0 saturated carbocycles. The molecule has 82 valence electrons. The van der Waals surface area contributed by atoms with Gasteiger partial charge in [0.1, 0.15) is 5.75 Å². The number of rotatable bonds is 3. The van der Waals surface area contributed by atoms with E-state index in [2.05, 4.69) is 4.74 Å². The van der Waals surface area contributed by atoms with Crippen molar-refractivity contribution in [2.45, 2.75) is 20.5 Å². The molecule has 0 aromatic heterocycles. The fraction of sp³-hybridized carbons (Fsp3) is 0.300. The lowest BCUT2D eigenvalue weighted by atomic mass is 10.0. The summed E-state index contributed by atoms with van der Waals surface area (Å²) in [5, 5.41) is 8.77. The van der Waals surface area contributed by atoms with E-state index in [1.807, 2.05) is 0 Å². The minimum absolute atomic E-state index is 0.00694. The highest BCUT2D eigenvalue weighted by Crippen LogP contribution is 2.25. The first kappa shape index (κ1) is 11.4. The number of ether oxygens (including phenoxy) is 1. The molecule has 0 spiro atoms. The van der Waals surface area contributed by atoms with Gasteiger partial charge in [0.15, 0.2) is 0 Å². The standard InChI is InChI=1S/C10H10F2O3/c1-5-6(2)8(15-10(11)12)4-3-7(5)9(13)14/h3-4,10H,1-2H3,(H,13,14). The molecule has 5 heteroatoms. The van der Waals surface area contributed by atoms with E-state index in [0.29, 0.717) is 11.1 Å². The van der Waals surface area contributed by atoms with Crippen LogP contribution in [-0.2, 0) is 0 Å². The highest BCUT2D eigenvalue weighted by molar-refractivity contribution is 5.90. The predicted octanol–water partition coefficient (Wildman–Crippen LogP) is 2.60. The zero-order valence-electron chi connectivity index (χ0n) is 8.25. The maximum atomic E-state index is 12.0. The molecule has 1 N–H and O–H groups in total. The minimum atomic E-state index is -2.90. The van der Waals surface area contributed by atoms with Crippen LogP contribution in [-0.4, -0.2) is 17.7 Å². The highest BCUT2D eigenvalue weighted by atomic mass is 19.3. The third kappa shape index (κ3) is 2.43. The molecule has 0 radical (unpaired) electrons. The van der Waals surface area contributed by atoms with Crippen LogP contribution in [0.5, 0.6) is 5.75 Å². The third-order valence-corrected chi connectivity index (χ3v) is 2.18. The number of alkyl halides is 2. The van der Waals surface area contributed by atoms with Gasteiger partial charge in [0.2, 0.25) is 0 Å². The van der Waals surface area contributed by atoms with Gasteiger partial charge in [-0.1, -0.05) is 0 Å². The van der Waals surface area contributed by atoms with Crippen LogP contribution in [0.1, 0.15) is 21.5 Å². The lowest BCUT2D eigenvalue weighted by molar-refractivity contribution is -0.0503. The Morgan fingerprint density at radius 3 is 2.40 bits per heavy atom. The summed E-state index contributed by atoms with van der Waals surface area (Å²) in [4.78, 5) is 10.7. The summed E-state index contributed by atoms with van der Waals surface area (Å²) in [6, 6.07) is 2.49. The number of hydrogen-bond acceptors (Lipinski definition) is 2. The molecule has 1 aromatic rings. The molecule has 0 aliphatic rings. The van der Waals surface area contributed by atoms with Crippen LogP contribution in [0.15, 0.2) is 12.1 Å². The Hall–Kier alpha value is -1.65. The lowest BCUT2D eigenvalue weighted by Gasteiger charge is -2.11. The van der Waals surface area contributed by atoms with Crippen molar-refractivity contribution < 1.29 is 23.4 Å². The van der Waals surface area contributed by atoms with E-state index in [4.69, 9.17) is 5.11 Å². The van der Waals surface area contributed by atoms with Crippen LogP contribution in [0.4, 0.5) is 8.78 Å². The average molecular weight is 216 g/mol. The molecule has 1 rings (SSSR count). The van der Waals surface area contributed by atoms with Gasteiger partial charge in [0.25, 0.3) is 0 Å². The summed E-state index contributed by atoms with van der Waals surface area (Å²) in [6.45, 7) is 0.190. The molecular formula is C10H10F2O3. The van der Waals surface area contributed by atoms with Gasteiger partial charge in [0, 0.05) is 0 Å². The van der Waals surface area contributed by atoms with Crippen molar-refractivity contribution in [2.24, 2.45) is 0 Å². The van der Waals surface area contributed by atoms with Crippen molar-refractivity contribution >= 4 is 5.97 Å². The first-order valence-corrected chi connectivity index (χ1v) is 4.21. The maximum absolute atomic E-state index is 12.0. The Kier molecular flexibility index (Phi) is 3.24. The molecule has 3 nitrogen and oxygen atoms in total. The molecule has 0 bridgehead atoms. The quantitative estimate of drug-likeness (QED) is 0.844. The average Bonchev–Trinajstić information content (AvgIpc) is 2.12. The number of benzene rings is 1. The van der Waals surface area contributed by atoms with Crippen LogP contribution in [0.3, 0.4) is 0 Å². The number of carbonyl (C=O) groups is 1. The van der Waals surface area contributed by atoms with Gasteiger partial charge in [-0.2, -0.15) is 8.78 Å². The van der Waals surface area contributed by atoms with Gasteiger partial charge >= 0.3 is 12.6 Å². The van der Waals surface area contributed by atoms with Gasteiger partial charge in [0.05, 0.1) is 5.56 Å². The van der Waals surface area contributed by atoms with Crippen molar-refractivity contribution in [3.05, 3.63) is 28.8 Å². The Labute approximate surface area is 85.3 Å². The molecule has 15 heavy (non-hydrogen) atoms. The van der Waals surface area contributed by atoms with E-state index in [1.54, 1.807) is 13.8 Å². The second-order valence-electron chi connectivity index (χ2n) is 3.04. The number of carboxylic acid groups (broad SMARTS) is 1. The van der Waals surface area contributed by atoms with Crippen LogP contribution in [0.2, 0.25) is 0 Å². The van der Waals surface area contributed by atoms with Crippen molar-refractivity contribution in [1.29, 1.82) is 0 Å². The molecule has 0 heterocycles. The van der Waals surface area contributed by atoms with Crippen LogP contribution >= 0.6 is 0 Å². The van der Waals surface area contributed by atoms with Crippen LogP contribution in [0.25, 0.3) is 0 Å². The molecule has 0 fully saturated rings. The molecule has 0 aliphatic heterocycles. The van der Waals surface area contributed by atoms with Crippen LogP contribution < -0.4 is 4.74 Å². The topological polar surface area (TPSA) is 46.5 Å². The molecule has 0 atom stereocenters. The summed E-state index contributed by atoms with van der Waals surface area (Å²) < 4.78 is 28.1. The summed E-state index contributed by atoms with van der Waals surface area (Å²) >= 11 is 0. The van der Waals surface area contributed by atoms with E-state index < -0.39 is 12.6 Å². The second kappa shape index (κ2) is 4.25. The molecule has 1 aromatic carbocycles. The van der Waals surface area contributed by atoms with Gasteiger partial charge in [-0.15, -0.1) is 0 Å². The van der Waals surface area contributed by atoms with E-state index in [0.717, 1.165) is 0 Å². The second-order valence-corrected chi connectivity index (χ2v) is 3.04. The number of halogens is 2. The fourth-order valence-corrected chi connectivity index (χ4v) is 1.25. The van der Waals surface area contributed by atoms with Crippen molar-refractivity contribution in [1.82, 2.24) is 0 Å². The van der Waals surface area contributed by atoms with Gasteiger partial charge in [-0.25, -0.2) is 4.79 Å². The Morgan fingerprint density at radius 2 is 1.93 bits per heavy atom. The monoisotopic (exact) mass is 216 g/mol. The molecule has 0 aliphatic carbocycles. The Morgan fingerprint density at radius 1 is 1.33 bits per heavy atom. The molecule has 0 unspecified atom stereocenters. The summed E-state index contributed by atoms with van der Waals surface area (Å²) in [5.41, 5.74) is 0.935. The zero-order chi connectivity index (χ0) is 11.6. The number of hydrogen-bond donors (Lipinski definition) is 1. The van der Waals surface area contributed by atoms with E-state index in [1.165, 1.54) is 12.1 Å². The van der Waals surface area contributed by atoms with E-state index >= 15 is 0 Å². The van der Waals surface area contributed by atoms with Crippen molar-refractivity contribution in [2.75, 3.05) is 0 Å². The van der Waals surface area contributed by atoms with E-state index in [-0.39, 0.29) is 11.3 Å². The van der Waals surface area contributed by atoms with Crippen molar-refractivity contribution in [3.63, 3.8) is 0 Å². The third-order valence-electron chi connectivity index (χ3n) is 2.18. The Bertz CT molecular complexity index is 388. The first-order chi connectivity index (χ1) is 6.93. The Balaban J connectivity index is 3.15. The van der Waals surface area contributed by atoms with Crippen molar-refractivity contribution in [3.8, 4) is 5.75 Å². The summed E-state index contributed by atoms with van der Waals surface area (Å²) in [5.74, 6) is -1.08. The molecule has 0 amide bonds. The normalized spacial score (nSPS) is 10.5. The molecule has 0 saturated heterocycles. The number of carboxylic acids is 1. The van der Waals surface area contributed by atoms with Gasteiger partial charge in [-0.05, 0) is 37.1 Å².